The lowest BCUT2D eigenvalue weighted by molar-refractivity contribution is 0.288. The number of aliphatic hydroxyl groups is 1. The van der Waals surface area contributed by atoms with Gasteiger partial charge in [-0.2, -0.15) is 11.8 Å². The van der Waals surface area contributed by atoms with Crippen LogP contribution in [0.1, 0.15) is 38.8 Å². The summed E-state index contributed by atoms with van der Waals surface area (Å²) >= 11 is 1.92. The zero-order valence-corrected chi connectivity index (χ0v) is 13.7. The lowest BCUT2D eigenvalue weighted by Gasteiger charge is -2.27. The quantitative estimate of drug-likeness (QED) is 0.734. The molecule has 0 saturated carbocycles. The second kappa shape index (κ2) is 9.27. The number of benzene rings is 1. The maximum Gasteiger partial charge on any atom is 0.118 e. The van der Waals surface area contributed by atoms with Gasteiger partial charge in [-0.25, -0.2) is 0 Å². The molecule has 1 aromatic rings. The third-order valence-corrected chi connectivity index (χ3v) is 4.75. The van der Waals surface area contributed by atoms with Crippen LogP contribution < -0.4 is 10.1 Å². The maximum atomic E-state index is 9.02. The smallest absolute Gasteiger partial charge is 0.118 e. The minimum absolute atomic E-state index is 0.259. The van der Waals surface area contributed by atoms with Gasteiger partial charge in [0.15, 0.2) is 0 Å². The molecular weight excluding hydrogens is 270 g/mol. The van der Waals surface area contributed by atoms with Gasteiger partial charge in [-0.3, -0.25) is 0 Å². The van der Waals surface area contributed by atoms with Crippen molar-refractivity contribution >= 4 is 11.8 Å². The Morgan fingerprint density at radius 3 is 2.40 bits per heavy atom. The van der Waals surface area contributed by atoms with Gasteiger partial charge in [0.2, 0.25) is 0 Å². The Labute approximate surface area is 127 Å². The van der Waals surface area contributed by atoms with Gasteiger partial charge in [0.1, 0.15) is 5.75 Å². The Kier molecular flexibility index (Phi) is 8.04. The summed E-state index contributed by atoms with van der Waals surface area (Å²) in [6.07, 6.45) is 0.844. The van der Waals surface area contributed by atoms with Crippen LogP contribution in [0.15, 0.2) is 24.3 Å². The van der Waals surface area contributed by atoms with Crippen LogP contribution in [0.3, 0.4) is 0 Å². The fourth-order valence-electron chi connectivity index (χ4n) is 2.28. The summed E-state index contributed by atoms with van der Waals surface area (Å²) in [5.74, 6) is 0.887. The number of ether oxygens (including phenoxy) is 1. The number of hydrogen-bond acceptors (Lipinski definition) is 4. The molecule has 0 aromatic heterocycles. The van der Waals surface area contributed by atoms with E-state index in [4.69, 9.17) is 9.84 Å². The van der Waals surface area contributed by atoms with Gasteiger partial charge in [0.05, 0.1) is 7.11 Å². The lowest BCUT2D eigenvalue weighted by atomic mass is 10.0. The Morgan fingerprint density at radius 1 is 1.25 bits per heavy atom. The molecule has 0 aliphatic heterocycles. The van der Waals surface area contributed by atoms with Crippen LogP contribution in [0.2, 0.25) is 0 Å². The summed E-state index contributed by atoms with van der Waals surface area (Å²) in [5, 5.41) is 13.5. The fraction of sp³-hybridized carbons (Fsp3) is 0.625. The largest absolute Gasteiger partial charge is 0.497 e. The Balaban J connectivity index is 2.75. The van der Waals surface area contributed by atoms with E-state index in [1.165, 1.54) is 5.56 Å². The van der Waals surface area contributed by atoms with Crippen LogP contribution in [-0.4, -0.2) is 35.9 Å². The summed E-state index contributed by atoms with van der Waals surface area (Å²) < 4.78 is 5.21. The highest BCUT2D eigenvalue weighted by molar-refractivity contribution is 8.00. The fourth-order valence-corrected chi connectivity index (χ4v) is 3.67. The molecule has 114 valence electrons. The minimum atomic E-state index is 0.259. The van der Waals surface area contributed by atoms with E-state index in [2.05, 4.69) is 38.2 Å². The van der Waals surface area contributed by atoms with E-state index in [1.54, 1.807) is 7.11 Å². The molecule has 0 radical (unpaired) electrons. The monoisotopic (exact) mass is 297 g/mol. The van der Waals surface area contributed by atoms with Gasteiger partial charge in [-0.15, -0.1) is 0 Å². The van der Waals surface area contributed by atoms with Gasteiger partial charge in [-0.1, -0.05) is 32.9 Å². The number of hydrogen-bond donors (Lipinski definition) is 2. The molecule has 2 N–H and O–H groups in total. The zero-order valence-electron chi connectivity index (χ0n) is 12.9. The van der Waals surface area contributed by atoms with Crippen molar-refractivity contribution in [3.05, 3.63) is 29.8 Å². The van der Waals surface area contributed by atoms with E-state index in [9.17, 15) is 0 Å². The summed E-state index contributed by atoms with van der Waals surface area (Å²) in [4.78, 5) is 0. The van der Waals surface area contributed by atoms with E-state index in [0.29, 0.717) is 16.5 Å². The molecule has 20 heavy (non-hydrogen) atoms. The second-order valence-electron chi connectivity index (χ2n) is 4.97. The highest BCUT2D eigenvalue weighted by Crippen LogP contribution is 2.31. The van der Waals surface area contributed by atoms with E-state index in [0.717, 1.165) is 18.7 Å². The summed E-state index contributed by atoms with van der Waals surface area (Å²) in [6.45, 7) is 7.75. The Bertz CT molecular complexity index is 369. The van der Waals surface area contributed by atoms with Crippen molar-refractivity contribution in [2.75, 3.05) is 20.3 Å². The molecule has 0 saturated heterocycles. The average Bonchev–Trinajstić information content (AvgIpc) is 2.45. The number of nitrogens with one attached hydrogen (secondary N) is 1. The van der Waals surface area contributed by atoms with Crippen LogP contribution in [0, 0.1) is 0 Å². The van der Waals surface area contributed by atoms with Gasteiger partial charge in [0.25, 0.3) is 0 Å². The first-order chi connectivity index (χ1) is 9.62. The molecule has 0 aliphatic rings. The van der Waals surface area contributed by atoms with Crippen molar-refractivity contribution < 1.29 is 9.84 Å². The second-order valence-corrected chi connectivity index (χ2v) is 6.79. The standard InChI is InChI=1S/C16H27NO2S/c1-5-17-16(13(3)20-12(2)10-11-18)14-6-8-15(19-4)9-7-14/h6-9,12-13,16-18H,5,10-11H2,1-4H3. The van der Waals surface area contributed by atoms with Crippen molar-refractivity contribution in [2.45, 2.75) is 43.7 Å². The van der Waals surface area contributed by atoms with Crippen molar-refractivity contribution in [3.8, 4) is 5.75 Å². The molecular formula is C16H27NO2S. The minimum Gasteiger partial charge on any atom is -0.497 e. The molecule has 0 amide bonds. The number of thioether (sulfide) groups is 1. The van der Waals surface area contributed by atoms with E-state index in [1.807, 2.05) is 23.9 Å². The summed E-state index contributed by atoms with van der Waals surface area (Å²) in [7, 11) is 1.69. The molecule has 0 heterocycles. The third kappa shape index (κ3) is 5.35. The number of methoxy groups -OCH3 is 1. The topological polar surface area (TPSA) is 41.5 Å². The van der Waals surface area contributed by atoms with Crippen LogP contribution in [0.25, 0.3) is 0 Å². The summed E-state index contributed by atoms with van der Waals surface area (Å²) in [6, 6.07) is 8.58. The molecule has 3 unspecified atom stereocenters. The van der Waals surface area contributed by atoms with E-state index >= 15 is 0 Å². The van der Waals surface area contributed by atoms with Crippen molar-refractivity contribution in [3.63, 3.8) is 0 Å². The van der Waals surface area contributed by atoms with Gasteiger partial charge < -0.3 is 15.2 Å². The van der Waals surface area contributed by atoms with Crippen molar-refractivity contribution in [1.29, 1.82) is 0 Å². The van der Waals surface area contributed by atoms with Crippen LogP contribution >= 0.6 is 11.8 Å². The molecule has 4 heteroatoms. The molecule has 0 fully saturated rings. The number of rotatable bonds is 9. The molecule has 3 nitrogen and oxygen atoms in total. The molecule has 1 rings (SSSR count). The molecule has 0 aliphatic carbocycles. The molecule has 0 spiro atoms. The van der Waals surface area contributed by atoms with E-state index in [-0.39, 0.29) is 6.61 Å². The van der Waals surface area contributed by atoms with E-state index < -0.39 is 0 Å². The maximum absolute atomic E-state index is 9.02. The predicted octanol–water partition coefficient (Wildman–Crippen LogP) is 3.24. The van der Waals surface area contributed by atoms with Crippen LogP contribution in [-0.2, 0) is 0 Å². The SMILES string of the molecule is CCNC(c1ccc(OC)cc1)C(C)SC(C)CCO. The lowest BCUT2D eigenvalue weighted by Crippen LogP contribution is -2.29. The zero-order chi connectivity index (χ0) is 15.0. The predicted molar refractivity (Wildman–Crippen MR) is 87.6 cm³/mol. The van der Waals surface area contributed by atoms with Gasteiger partial charge in [0, 0.05) is 23.1 Å². The van der Waals surface area contributed by atoms with Crippen molar-refractivity contribution in [2.24, 2.45) is 0 Å². The van der Waals surface area contributed by atoms with Crippen LogP contribution in [0.5, 0.6) is 5.75 Å². The van der Waals surface area contributed by atoms with Crippen LogP contribution in [0.4, 0.5) is 0 Å². The van der Waals surface area contributed by atoms with Gasteiger partial charge in [-0.05, 0) is 30.7 Å². The summed E-state index contributed by atoms with van der Waals surface area (Å²) in [5.41, 5.74) is 1.28. The average molecular weight is 297 g/mol. The van der Waals surface area contributed by atoms with Gasteiger partial charge >= 0.3 is 0 Å². The highest BCUT2D eigenvalue weighted by Gasteiger charge is 2.20. The molecule has 1 aromatic carbocycles. The third-order valence-electron chi connectivity index (χ3n) is 3.35. The Morgan fingerprint density at radius 2 is 1.90 bits per heavy atom. The number of aliphatic hydroxyl groups excluding tert-OH is 1. The van der Waals surface area contributed by atoms with Crippen molar-refractivity contribution in [1.82, 2.24) is 5.32 Å². The highest BCUT2D eigenvalue weighted by atomic mass is 32.2. The first kappa shape index (κ1) is 17.3. The first-order valence-electron chi connectivity index (χ1n) is 7.26. The normalized spacial score (nSPS) is 15.7. The first-order valence-corrected chi connectivity index (χ1v) is 8.20. The molecule has 0 bridgehead atoms. The molecule has 3 atom stereocenters. The Hall–Kier alpha value is -0.710.